The van der Waals surface area contributed by atoms with E-state index in [1.165, 1.54) is 0 Å². The highest BCUT2D eigenvalue weighted by molar-refractivity contribution is 6.46. The molecule has 0 radical (unpaired) electrons. The van der Waals surface area contributed by atoms with E-state index in [4.69, 9.17) is 14.9 Å². The van der Waals surface area contributed by atoms with E-state index in [1.807, 2.05) is 0 Å². The van der Waals surface area contributed by atoms with Gasteiger partial charge in [0.1, 0.15) is 11.9 Å². The minimum Gasteiger partial charge on any atom is -0.478 e. The van der Waals surface area contributed by atoms with Crippen LogP contribution in [0.3, 0.4) is 0 Å². The first-order valence-electron chi connectivity index (χ1n) is 6.53. The normalized spacial score (nSPS) is 22.5. The molecule has 10 heteroatoms. The van der Waals surface area contributed by atoms with Crippen molar-refractivity contribution in [3.05, 3.63) is 11.1 Å². The number of rotatable bonds is 6. The molecule has 1 rings (SSSR count). The summed E-state index contributed by atoms with van der Waals surface area (Å²) in [4.78, 5) is 44.1. The number of carboxylic acid groups (broad SMARTS) is 2. The Bertz CT molecular complexity index is 517. The van der Waals surface area contributed by atoms with Crippen LogP contribution in [0, 0.1) is 0 Å². The molecule has 1 amide bonds. The van der Waals surface area contributed by atoms with E-state index in [9.17, 15) is 24.2 Å². The van der Waals surface area contributed by atoms with Gasteiger partial charge in [0.2, 0.25) is 0 Å². The van der Waals surface area contributed by atoms with Crippen LogP contribution in [0.5, 0.6) is 0 Å². The molecule has 120 valence electrons. The predicted octanol–water partition coefficient (Wildman–Crippen LogP) is -1.26. The number of carboxylic acids is 2. The van der Waals surface area contributed by atoms with Gasteiger partial charge in [-0.1, -0.05) is 0 Å². The maximum Gasteiger partial charge on any atom is 0.478 e. The Balaban J connectivity index is 2.79. The highest BCUT2D eigenvalue weighted by Crippen LogP contribution is 2.18. The van der Waals surface area contributed by atoms with Gasteiger partial charge >= 0.3 is 19.1 Å². The first-order chi connectivity index (χ1) is 10.3. The molecule has 1 aliphatic rings. The maximum atomic E-state index is 11.9. The van der Waals surface area contributed by atoms with Crippen LogP contribution in [0.2, 0.25) is 0 Å². The van der Waals surface area contributed by atoms with E-state index in [1.54, 1.807) is 0 Å². The zero-order chi connectivity index (χ0) is 16.9. The van der Waals surface area contributed by atoms with Crippen LogP contribution in [0.1, 0.15) is 26.2 Å². The van der Waals surface area contributed by atoms with Crippen molar-refractivity contribution in [3.8, 4) is 0 Å². The van der Waals surface area contributed by atoms with E-state index >= 15 is 0 Å². The van der Waals surface area contributed by atoms with Gasteiger partial charge < -0.3 is 30.0 Å². The lowest BCUT2D eigenvalue weighted by Crippen LogP contribution is -2.53. The number of carbonyl (C=O) groups excluding carboxylic acids is 2. The Morgan fingerprint density at radius 1 is 1.27 bits per heavy atom. The van der Waals surface area contributed by atoms with Crippen molar-refractivity contribution < 1.29 is 39.1 Å². The van der Waals surface area contributed by atoms with E-state index in [2.05, 4.69) is 5.32 Å². The van der Waals surface area contributed by atoms with Crippen LogP contribution in [0.25, 0.3) is 0 Å². The second-order valence-electron chi connectivity index (χ2n) is 4.82. The fraction of sp³-hybridized carbons (Fsp3) is 0.500. The molecule has 0 aromatic carbocycles. The Morgan fingerprint density at radius 3 is 2.36 bits per heavy atom. The summed E-state index contributed by atoms with van der Waals surface area (Å²) in [5, 5.41) is 29.7. The highest BCUT2D eigenvalue weighted by atomic mass is 16.5. The largest absolute Gasteiger partial charge is 0.478 e. The number of carbonyl (C=O) groups is 4. The molecule has 0 aliphatic carbocycles. The number of aliphatic carboxylic acids is 2. The molecule has 9 nitrogen and oxygen atoms in total. The standard InChI is InChI=1S/C12H16BNO8/c1-6(11(17)18)9(12(19)20)10(16)14-8-3-2-7(4-5-15)22-13(8)21/h5,7-8,21H,2-4H2,1H3,(H,14,16)(H,17,18)(H,19,20)/b9-6-/t7-,8-/m0/s1. The van der Waals surface area contributed by atoms with Gasteiger partial charge in [0.15, 0.2) is 0 Å². The zero-order valence-electron chi connectivity index (χ0n) is 11.8. The lowest BCUT2D eigenvalue weighted by Gasteiger charge is -2.30. The summed E-state index contributed by atoms with van der Waals surface area (Å²) in [7, 11) is -1.40. The number of amides is 1. The fourth-order valence-corrected chi connectivity index (χ4v) is 2.07. The molecule has 22 heavy (non-hydrogen) atoms. The molecule has 1 aliphatic heterocycles. The van der Waals surface area contributed by atoms with Crippen molar-refractivity contribution in [2.75, 3.05) is 0 Å². The SMILES string of the molecule is C/C(C(=O)O)=C(/C(=O)O)C(=O)N[C@H]1CC[C@@H](CC=O)OB1O. The second kappa shape index (κ2) is 7.71. The molecule has 0 unspecified atom stereocenters. The van der Waals surface area contributed by atoms with Gasteiger partial charge in [-0.05, 0) is 19.8 Å². The molecule has 1 saturated heterocycles. The van der Waals surface area contributed by atoms with Crippen LogP contribution in [0.15, 0.2) is 11.1 Å². The van der Waals surface area contributed by atoms with Crippen LogP contribution < -0.4 is 5.32 Å². The summed E-state index contributed by atoms with van der Waals surface area (Å²) >= 11 is 0. The third-order valence-electron chi connectivity index (χ3n) is 3.29. The Hall–Kier alpha value is -2.20. The van der Waals surface area contributed by atoms with Gasteiger partial charge in [0.05, 0.1) is 11.5 Å². The lowest BCUT2D eigenvalue weighted by atomic mass is 9.72. The molecule has 0 aromatic rings. The molecule has 0 aromatic heterocycles. The van der Waals surface area contributed by atoms with E-state index in [-0.39, 0.29) is 12.8 Å². The van der Waals surface area contributed by atoms with Crippen molar-refractivity contribution in [2.24, 2.45) is 0 Å². The van der Waals surface area contributed by atoms with Crippen LogP contribution in [-0.2, 0) is 23.8 Å². The fourth-order valence-electron chi connectivity index (χ4n) is 2.07. The monoisotopic (exact) mass is 313 g/mol. The van der Waals surface area contributed by atoms with Crippen molar-refractivity contribution in [1.29, 1.82) is 0 Å². The van der Waals surface area contributed by atoms with Gasteiger partial charge in [-0.15, -0.1) is 0 Å². The molecule has 0 saturated carbocycles. The Morgan fingerprint density at radius 2 is 1.91 bits per heavy atom. The van der Waals surface area contributed by atoms with Gasteiger partial charge in [0, 0.05) is 12.5 Å². The Labute approximate surface area is 126 Å². The Kier molecular flexibility index (Phi) is 6.26. The second-order valence-corrected chi connectivity index (χ2v) is 4.82. The molecule has 0 spiro atoms. The first-order valence-corrected chi connectivity index (χ1v) is 6.53. The summed E-state index contributed by atoms with van der Waals surface area (Å²) in [6, 6.07) is 0. The van der Waals surface area contributed by atoms with E-state index in [0.29, 0.717) is 12.7 Å². The summed E-state index contributed by atoms with van der Waals surface area (Å²) in [5.41, 5.74) is -1.52. The molecule has 2 atom stereocenters. The number of hydrogen-bond acceptors (Lipinski definition) is 6. The number of hydrogen-bond donors (Lipinski definition) is 4. The smallest absolute Gasteiger partial charge is 0.478 e. The first kappa shape index (κ1) is 17.9. The molecule has 0 bridgehead atoms. The lowest BCUT2D eigenvalue weighted by molar-refractivity contribution is -0.138. The molecule has 4 N–H and O–H groups in total. The molecule has 1 fully saturated rings. The number of nitrogens with one attached hydrogen (secondary N) is 1. The van der Waals surface area contributed by atoms with Crippen LogP contribution in [0.4, 0.5) is 0 Å². The van der Waals surface area contributed by atoms with Gasteiger partial charge in [-0.25, -0.2) is 9.59 Å². The minimum absolute atomic E-state index is 0.107. The topological polar surface area (TPSA) is 150 Å². The van der Waals surface area contributed by atoms with E-state index < -0.39 is 48.2 Å². The van der Waals surface area contributed by atoms with Gasteiger partial charge in [-0.3, -0.25) is 4.79 Å². The van der Waals surface area contributed by atoms with Crippen molar-refractivity contribution in [3.63, 3.8) is 0 Å². The molecular formula is C12H16BNO8. The zero-order valence-corrected chi connectivity index (χ0v) is 11.8. The van der Waals surface area contributed by atoms with Crippen LogP contribution in [-0.4, -0.2) is 58.5 Å². The minimum atomic E-state index is -1.68. The van der Waals surface area contributed by atoms with Crippen molar-refractivity contribution in [2.45, 2.75) is 38.2 Å². The molecular weight excluding hydrogens is 297 g/mol. The summed E-state index contributed by atoms with van der Waals surface area (Å²) in [5.74, 6) is -5.21. The average Bonchev–Trinajstić information content (AvgIpc) is 2.41. The summed E-state index contributed by atoms with van der Waals surface area (Å²) in [6.45, 7) is 0.999. The van der Waals surface area contributed by atoms with Crippen LogP contribution >= 0.6 is 0 Å². The van der Waals surface area contributed by atoms with Gasteiger partial charge in [0.25, 0.3) is 5.91 Å². The quantitative estimate of drug-likeness (QED) is 0.156. The van der Waals surface area contributed by atoms with Gasteiger partial charge in [-0.2, -0.15) is 0 Å². The number of aldehydes is 1. The van der Waals surface area contributed by atoms with E-state index in [0.717, 1.165) is 6.92 Å². The summed E-state index contributed by atoms with van der Waals surface area (Å²) in [6.07, 6.45) is 0.958. The molecule has 1 heterocycles. The highest BCUT2D eigenvalue weighted by Gasteiger charge is 2.37. The van der Waals surface area contributed by atoms with Crippen molar-refractivity contribution >= 4 is 31.3 Å². The third-order valence-corrected chi connectivity index (χ3v) is 3.29. The third kappa shape index (κ3) is 4.40. The summed E-state index contributed by atoms with van der Waals surface area (Å²) < 4.78 is 5.12. The maximum absolute atomic E-state index is 11.9. The predicted molar refractivity (Wildman–Crippen MR) is 72.7 cm³/mol. The van der Waals surface area contributed by atoms with Crippen molar-refractivity contribution in [1.82, 2.24) is 5.32 Å². The average molecular weight is 313 g/mol.